The first-order valence-electron chi connectivity index (χ1n) is 10.7. The fraction of sp³-hybridized carbons (Fsp3) is 0.320. The first kappa shape index (κ1) is 24.9. The Morgan fingerprint density at radius 1 is 1.09 bits per heavy atom. The van der Waals surface area contributed by atoms with Crippen LogP contribution in [0.2, 0.25) is 5.02 Å². The summed E-state index contributed by atoms with van der Waals surface area (Å²) >= 11 is 7.04. The van der Waals surface area contributed by atoms with Gasteiger partial charge in [0.15, 0.2) is 0 Å². The Morgan fingerprint density at radius 2 is 1.74 bits per heavy atom. The van der Waals surface area contributed by atoms with Crippen molar-refractivity contribution in [2.75, 3.05) is 6.61 Å². The van der Waals surface area contributed by atoms with Gasteiger partial charge in [0.2, 0.25) is 0 Å². The summed E-state index contributed by atoms with van der Waals surface area (Å²) in [4.78, 5) is 14.1. The van der Waals surface area contributed by atoms with Crippen molar-refractivity contribution in [1.82, 2.24) is 4.72 Å². The smallest absolute Gasteiger partial charge is 0.328 e. The topological polar surface area (TPSA) is 92.7 Å². The zero-order chi connectivity index (χ0) is 24.8. The summed E-state index contributed by atoms with van der Waals surface area (Å²) in [5, 5.41) is 11.0. The van der Waals surface area contributed by atoms with Crippen LogP contribution in [0.4, 0.5) is 0 Å². The van der Waals surface area contributed by atoms with E-state index in [1.165, 1.54) is 6.07 Å². The molecular formula is C25H26ClNO5S2. The van der Waals surface area contributed by atoms with Crippen LogP contribution in [0.15, 0.2) is 70.9 Å². The van der Waals surface area contributed by atoms with E-state index in [1.54, 1.807) is 63.2 Å². The van der Waals surface area contributed by atoms with Gasteiger partial charge in [0, 0.05) is 9.90 Å². The molecule has 1 saturated carbocycles. The summed E-state index contributed by atoms with van der Waals surface area (Å²) in [6.45, 7) is 4.74. The number of rotatable bonds is 7. The summed E-state index contributed by atoms with van der Waals surface area (Å²) in [6.07, 6.45) is 0.0874. The Hall–Kier alpha value is -2.23. The summed E-state index contributed by atoms with van der Waals surface area (Å²) in [6, 6.07) is 19.3. The van der Waals surface area contributed by atoms with Crippen molar-refractivity contribution in [3.8, 4) is 10.4 Å². The van der Waals surface area contributed by atoms with Crippen molar-refractivity contribution in [2.24, 2.45) is 0 Å². The number of carbonyl (C=O) groups is 1. The fourth-order valence-electron chi connectivity index (χ4n) is 4.12. The maximum Gasteiger partial charge on any atom is 0.328 e. The van der Waals surface area contributed by atoms with E-state index >= 15 is 0 Å². The number of halogens is 1. The molecule has 1 fully saturated rings. The number of thiophene rings is 1. The third-order valence-corrected chi connectivity index (χ3v) is 9.26. The molecule has 4 rings (SSSR count). The Kier molecular flexibility index (Phi) is 6.42. The predicted molar refractivity (Wildman–Crippen MR) is 133 cm³/mol. The van der Waals surface area contributed by atoms with Crippen LogP contribution in [0.25, 0.3) is 10.4 Å². The standard InChI is InChI=1S/C25H26ClNO5S2/c1-23(2,3)32-22(29)25(15-24(25,16-28)18-7-5-4-6-8-18)27-34(30,31)21-14-13-20(33-21)17-9-11-19(26)12-10-17/h4-14,27-28H,15-16H2,1-3H3/t24-,25+/m1/s1. The second-order valence-corrected chi connectivity index (χ2v) is 12.9. The van der Waals surface area contributed by atoms with Crippen molar-refractivity contribution < 1.29 is 23.1 Å². The molecule has 0 saturated heterocycles. The molecule has 0 unspecified atom stereocenters. The molecule has 1 aromatic heterocycles. The van der Waals surface area contributed by atoms with Gasteiger partial charge in [0.1, 0.15) is 15.3 Å². The second kappa shape index (κ2) is 8.77. The average Bonchev–Trinajstić information content (AvgIpc) is 3.16. The lowest BCUT2D eigenvalue weighted by molar-refractivity contribution is -0.159. The molecule has 2 aromatic carbocycles. The van der Waals surface area contributed by atoms with Crippen molar-refractivity contribution in [3.63, 3.8) is 0 Å². The molecule has 34 heavy (non-hydrogen) atoms. The van der Waals surface area contributed by atoms with Crippen molar-refractivity contribution in [2.45, 2.75) is 48.0 Å². The largest absolute Gasteiger partial charge is 0.459 e. The van der Waals surface area contributed by atoms with Crippen LogP contribution >= 0.6 is 22.9 Å². The fourth-order valence-corrected chi connectivity index (χ4v) is 6.98. The number of aliphatic hydroxyl groups is 1. The van der Waals surface area contributed by atoms with E-state index in [0.29, 0.717) is 10.6 Å². The van der Waals surface area contributed by atoms with E-state index < -0.39 is 39.2 Å². The molecule has 1 heterocycles. The number of ether oxygens (including phenoxy) is 1. The summed E-state index contributed by atoms with van der Waals surface area (Å²) in [5.74, 6) is -0.712. The van der Waals surface area contributed by atoms with Crippen LogP contribution < -0.4 is 4.72 Å². The molecule has 2 N–H and O–H groups in total. The lowest BCUT2D eigenvalue weighted by Gasteiger charge is -2.28. The second-order valence-electron chi connectivity index (χ2n) is 9.42. The summed E-state index contributed by atoms with van der Waals surface area (Å²) in [5.41, 5.74) is -2.09. The van der Waals surface area contributed by atoms with Crippen LogP contribution in [0, 0.1) is 0 Å². The Labute approximate surface area is 208 Å². The highest BCUT2D eigenvalue weighted by Gasteiger charge is 2.75. The highest BCUT2D eigenvalue weighted by atomic mass is 35.5. The first-order chi connectivity index (χ1) is 15.9. The monoisotopic (exact) mass is 519 g/mol. The van der Waals surface area contributed by atoms with Gasteiger partial charge in [-0.3, -0.25) is 0 Å². The zero-order valence-corrected chi connectivity index (χ0v) is 21.4. The first-order valence-corrected chi connectivity index (χ1v) is 13.4. The molecule has 0 radical (unpaired) electrons. The number of nitrogens with one attached hydrogen (secondary N) is 1. The molecule has 180 valence electrons. The Bertz CT molecular complexity index is 1300. The van der Waals surface area contributed by atoms with E-state index in [4.69, 9.17) is 16.3 Å². The van der Waals surface area contributed by atoms with Gasteiger partial charge in [0.25, 0.3) is 10.0 Å². The zero-order valence-electron chi connectivity index (χ0n) is 19.0. The van der Waals surface area contributed by atoms with Crippen molar-refractivity contribution in [1.29, 1.82) is 0 Å². The number of carbonyl (C=O) groups excluding carboxylic acids is 1. The van der Waals surface area contributed by atoms with Crippen LogP contribution in [0.1, 0.15) is 32.8 Å². The molecule has 1 aliphatic carbocycles. The van der Waals surface area contributed by atoms with E-state index in [9.17, 15) is 18.3 Å². The van der Waals surface area contributed by atoms with E-state index in [-0.39, 0.29) is 10.6 Å². The SMILES string of the molecule is CC(C)(C)OC(=O)[C@@]1(NS(=O)(=O)c2ccc(-c3ccc(Cl)cc3)s2)C[C@@]1(CO)c1ccccc1. The normalized spacial score (nSPS) is 22.4. The highest BCUT2D eigenvalue weighted by molar-refractivity contribution is 7.91. The number of hydrogen-bond donors (Lipinski definition) is 2. The molecule has 2 atom stereocenters. The number of esters is 1. The minimum Gasteiger partial charge on any atom is -0.459 e. The van der Waals surface area contributed by atoms with Crippen LogP contribution in [0.5, 0.6) is 0 Å². The van der Waals surface area contributed by atoms with Gasteiger partial charge in [-0.1, -0.05) is 54.1 Å². The molecule has 0 spiro atoms. The van der Waals surface area contributed by atoms with Gasteiger partial charge in [0.05, 0.1) is 12.0 Å². The molecule has 1 aliphatic rings. The number of aliphatic hydroxyl groups excluding tert-OH is 1. The summed E-state index contributed by atoms with van der Waals surface area (Å²) in [7, 11) is -4.11. The highest BCUT2D eigenvalue weighted by Crippen LogP contribution is 2.59. The maximum atomic E-state index is 13.5. The number of benzene rings is 2. The molecule has 3 aromatic rings. The molecular weight excluding hydrogens is 494 g/mol. The lowest BCUT2D eigenvalue weighted by atomic mass is 9.91. The lowest BCUT2D eigenvalue weighted by Crippen LogP contribution is -2.52. The molecule has 6 nitrogen and oxygen atoms in total. The minimum absolute atomic E-state index is 0.0622. The van der Waals surface area contributed by atoms with E-state index in [0.717, 1.165) is 21.8 Å². The van der Waals surface area contributed by atoms with E-state index in [2.05, 4.69) is 4.72 Å². The summed E-state index contributed by atoms with van der Waals surface area (Å²) < 4.78 is 35.3. The van der Waals surface area contributed by atoms with Gasteiger partial charge in [-0.2, -0.15) is 4.72 Å². The molecule has 9 heteroatoms. The van der Waals surface area contributed by atoms with Gasteiger partial charge < -0.3 is 9.84 Å². The van der Waals surface area contributed by atoms with Crippen LogP contribution in [-0.4, -0.2) is 37.2 Å². The minimum atomic E-state index is -4.11. The number of hydrogen-bond acceptors (Lipinski definition) is 6. The van der Waals surface area contributed by atoms with Crippen molar-refractivity contribution in [3.05, 3.63) is 77.3 Å². The van der Waals surface area contributed by atoms with Crippen molar-refractivity contribution >= 4 is 38.9 Å². The maximum absolute atomic E-state index is 13.5. The molecule has 0 amide bonds. The third kappa shape index (κ3) is 4.53. The predicted octanol–water partition coefficient (Wildman–Crippen LogP) is 4.76. The van der Waals surface area contributed by atoms with E-state index in [1.807, 2.05) is 18.2 Å². The third-order valence-electron chi connectivity index (χ3n) is 5.89. The Morgan fingerprint density at radius 3 is 2.32 bits per heavy atom. The quantitative estimate of drug-likeness (QED) is 0.439. The van der Waals surface area contributed by atoms with Crippen LogP contribution in [0.3, 0.4) is 0 Å². The molecule has 0 aliphatic heterocycles. The van der Waals surface area contributed by atoms with Gasteiger partial charge in [-0.15, -0.1) is 11.3 Å². The van der Waals surface area contributed by atoms with Gasteiger partial charge >= 0.3 is 5.97 Å². The average molecular weight is 520 g/mol. The van der Waals surface area contributed by atoms with Gasteiger partial charge in [-0.05, 0) is 62.6 Å². The number of sulfonamides is 1. The van der Waals surface area contributed by atoms with Gasteiger partial charge in [-0.25, -0.2) is 13.2 Å². The van der Waals surface area contributed by atoms with Crippen LogP contribution in [-0.2, 0) is 25.0 Å². The molecule has 0 bridgehead atoms. The Balaban J connectivity index is 1.71.